The van der Waals surface area contributed by atoms with Gasteiger partial charge in [-0.1, -0.05) is 0 Å². The van der Waals surface area contributed by atoms with Crippen molar-refractivity contribution in [1.82, 2.24) is 0 Å². The van der Waals surface area contributed by atoms with Gasteiger partial charge in [0.2, 0.25) is 0 Å². The van der Waals surface area contributed by atoms with Crippen molar-refractivity contribution < 1.29 is 17.6 Å². The minimum atomic E-state index is -3.59. The van der Waals surface area contributed by atoms with Gasteiger partial charge in [-0.15, -0.1) is 11.8 Å². The first kappa shape index (κ1) is 14.1. The van der Waals surface area contributed by atoms with E-state index in [0.29, 0.717) is 0 Å². The Morgan fingerprint density at radius 3 is 2.47 bits per heavy atom. The molecule has 1 aromatic carbocycles. The summed E-state index contributed by atoms with van der Waals surface area (Å²) in [6.45, 7) is -0.290. The van der Waals surface area contributed by atoms with E-state index >= 15 is 0 Å². The summed E-state index contributed by atoms with van der Waals surface area (Å²) >= 11 is 0.980. The number of carbonyl (C=O) groups excluding carboxylic acids is 1. The van der Waals surface area contributed by atoms with Crippen molar-refractivity contribution in [2.24, 2.45) is 5.73 Å². The topological polar surface area (TPSA) is 77.2 Å². The number of sulfone groups is 1. The third-order valence-corrected chi connectivity index (χ3v) is 4.19. The first-order valence-electron chi connectivity index (χ1n) is 4.62. The lowest BCUT2D eigenvalue weighted by Crippen LogP contribution is -2.15. The number of carbonyl (C=O) groups is 1. The minimum absolute atomic E-state index is 0.0149. The zero-order valence-corrected chi connectivity index (χ0v) is 11.0. The number of rotatable bonds is 4. The van der Waals surface area contributed by atoms with Gasteiger partial charge in [-0.2, -0.15) is 0 Å². The van der Waals surface area contributed by atoms with Crippen LogP contribution in [0.2, 0.25) is 0 Å². The van der Waals surface area contributed by atoms with Gasteiger partial charge in [-0.3, -0.25) is 4.79 Å². The van der Waals surface area contributed by atoms with E-state index in [1.165, 1.54) is 6.07 Å². The monoisotopic (exact) mass is 277 g/mol. The molecule has 0 aliphatic carbocycles. The van der Waals surface area contributed by atoms with Crippen LogP contribution < -0.4 is 5.73 Å². The maximum Gasteiger partial charge on any atom is 0.176 e. The van der Waals surface area contributed by atoms with E-state index in [9.17, 15) is 17.6 Å². The average Bonchev–Trinajstić information content (AvgIpc) is 2.25. The fourth-order valence-electron chi connectivity index (χ4n) is 1.32. The van der Waals surface area contributed by atoms with Crippen LogP contribution in [0, 0.1) is 5.82 Å². The van der Waals surface area contributed by atoms with E-state index in [4.69, 9.17) is 5.73 Å². The number of hydrogen-bond acceptors (Lipinski definition) is 5. The molecule has 1 aromatic rings. The highest BCUT2D eigenvalue weighted by Crippen LogP contribution is 2.29. The van der Waals surface area contributed by atoms with Crippen molar-refractivity contribution in [3.05, 3.63) is 23.5 Å². The molecular formula is C10H12FNO3S2. The summed E-state index contributed by atoms with van der Waals surface area (Å²) in [5.74, 6) is -1.22. The standard InChI is InChI=1S/C10H12FNO3S2/c1-16-10-7(11)3-6(8(13)5-12)4-9(10)17(2,14)15/h3-4H,5,12H2,1-2H3. The number of Topliss-reactive ketones (excluding diaryl/α,β-unsaturated/α-hetero) is 1. The van der Waals surface area contributed by atoms with Gasteiger partial charge in [-0.25, -0.2) is 12.8 Å². The Hall–Kier alpha value is -0.920. The zero-order valence-electron chi connectivity index (χ0n) is 9.36. The lowest BCUT2D eigenvalue weighted by Gasteiger charge is -2.09. The number of benzene rings is 1. The number of ketones is 1. The molecule has 94 valence electrons. The molecule has 0 aromatic heterocycles. The Kier molecular flexibility index (Phi) is 4.29. The molecule has 4 nitrogen and oxygen atoms in total. The van der Waals surface area contributed by atoms with Gasteiger partial charge in [0.15, 0.2) is 15.6 Å². The van der Waals surface area contributed by atoms with Crippen molar-refractivity contribution in [1.29, 1.82) is 0 Å². The maximum atomic E-state index is 13.7. The number of nitrogens with two attached hydrogens (primary N) is 1. The first-order valence-corrected chi connectivity index (χ1v) is 7.73. The molecule has 0 spiro atoms. The normalized spacial score (nSPS) is 11.5. The summed E-state index contributed by atoms with van der Waals surface area (Å²) in [5, 5.41) is 0. The molecule has 0 saturated heterocycles. The molecule has 0 bridgehead atoms. The Morgan fingerprint density at radius 1 is 1.47 bits per heavy atom. The van der Waals surface area contributed by atoms with Crippen LogP contribution in [-0.2, 0) is 9.84 Å². The van der Waals surface area contributed by atoms with Crippen LogP contribution >= 0.6 is 11.8 Å². The highest BCUT2D eigenvalue weighted by molar-refractivity contribution is 7.99. The van der Waals surface area contributed by atoms with E-state index in [1.54, 1.807) is 6.26 Å². The summed E-state index contributed by atoms with van der Waals surface area (Å²) < 4.78 is 36.7. The summed E-state index contributed by atoms with van der Waals surface area (Å²) in [5.41, 5.74) is 5.13. The lowest BCUT2D eigenvalue weighted by molar-refractivity contribution is 0.100. The second-order valence-electron chi connectivity index (χ2n) is 3.39. The lowest BCUT2D eigenvalue weighted by atomic mass is 10.1. The quantitative estimate of drug-likeness (QED) is 0.658. The van der Waals surface area contributed by atoms with Crippen molar-refractivity contribution >= 4 is 27.4 Å². The summed E-state index contributed by atoms with van der Waals surface area (Å²) in [6, 6.07) is 2.18. The maximum absolute atomic E-state index is 13.7. The predicted molar refractivity (Wildman–Crippen MR) is 64.7 cm³/mol. The fraction of sp³-hybridized carbons (Fsp3) is 0.300. The molecule has 1 rings (SSSR count). The van der Waals surface area contributed by atoms with Gasteiger partial charge in [0.05, 0.1) is 16.3 Å². The summed E-state index contributed by atoms with van der Waals surface area (Å²) in [7, 11) is -3.59. The van der Waals surface area contributed by atoms with Crippen LogP contribution in [0.3, 0.4) is 0 Å². The van der Waals surface area contributed by atoms with Gasteiger partial charge in [0.25, 0.3) is 0 Å². The number of thioether (sulfide) groups is 1. The summed E-state index contributed by atoms with van der Waals surface area (Å²) in [6.07, 6.45) is 2.54. The molecule has 0 fully saturated rings. The third kappa shape index (κ3) is 3.05. The molecule has 17 heavy (non-hydrogen) atoms. The van der Waals surface area contributed by atoms with Crippen LogP contribution in [0.4, 0.5) is 4.39 Å². The molecule has 2 N–H and O–H groups in total. The number of halogens is 1. The van der Waals surface area contributed by atoms with Crippen molar-refractivity contribution in [3.8, 4) is 0 Å². The largest absolute Gasteiger partial charge is 0.324 e. The van der Waals surface area contributed by atoms with Gasteiger partial charge < -0.3 is 5.73 Å². The highest BCUT2D eigenvalue weighted by Gasteiger charge is 2.20. The van der Waals surface area contributed by atoms with Crippen molar-refractivity contribution in [3.63, 3.8) is 0 Å². The first-order chi connectivity index (χ1) is 7.81. The molecule has 7 heteroatoms. The Bertz CT molecular complexity index is 555. The fourth-order valence-corrected chi connectivity index (χ4v) is 3.31. The Morgan fingerprint density at radius 2 is 2.06 bits per heavy atom. The van der Waals surface area contributed by atoms with Crippen LogP contribution in [0.25, 0.3) is 0 Å². The SMILES string of the molecule is CSc1c(F)cc(C(=O)CN)cc1S(C)(=O)=O. The van der Waals surface area contributed by atoms with E-state index < -0.39 is 21.4 Å². The van der Waals surface area contributed by atoms with E-state index in [0.717, 1.165) is 24.1 Å². The van der Waals surface area contributed by atoms with E-state index in [-0.39, 0.29) is 21.9 Å². The molecule has 0 aliphatic heterocycles. The third-order valence-electron chi connectivity index (χ3n) is 2.12. The van der Waals surface area contributed by atoms with E-state index in [1.807, 2.05) is 0 Å². The van der Waals surface area contributed by atoms with Crippen LogP contribution in [0.15, 0.2) is 21.9 Å². The van der Waals surface area contributed by atoms with Crippen LogP contribution in [0.1, 0.15) is 10.4 Å². The Balaban J connectivity index is 3.56. The number of hydrogen-bond donors (Lipinski definition) is 1. The van der Waals surface area contributed by atoms with E-state index in [2.05, 4.69) is 0 Å². The second-order valence-corrected chi connectivity index (χ2v) is 6.19. The molecule has 0 saturated carbocycles. The van der Waals surface area contributed by atoms with Crippen LogP contribution in [0.5, 0.6) is 0 Å². The summed E-state index contributed by atoms with van der Waals surface area (Å²) in [4.78, 5) is 11.2. The van der Waals surface area contributed by atoms with Crippen LogP contribution in [-0.4, -0.2) is 33.3 Å². The molecule has 0 heterocycles. The van der Waals surface area contributed by atoms with Crippen molar-refractivity contribution in [2.75, 3.05) is 19.1 Å². The molecule has 0 radical (unpaired) electrons. The van der Waals surface area contributed by atoms with Gasteiger partial charge in [0.1, 0.15) is 5.82 Å². The zero-order chi connectivity index (χ0) is 13.2. The van der Waals surface area contributed by atoms with Gasteiger partial charge >= 0.3 is 0 Å². The second kappa shape index (κ2) is 5.16. The smallest absolute Gasteiger partial charge is 0.176 e. The molecular weight excluding hydrogens is 265 g/mol. The molecule has 0 amide bonds. The van der Waals surface area contributed by atoms with Crippen molar-refractivity contribution in [2.45, 2.75) is 9.79 Å². The molecule has 0 unspecified atom stereocenters. The molecule has 0 atom stereocenters. The highest BCUT2D eigenvalue weighted by atomic mass is 32.2. The Labute approximate surface area is 103 Å². The van der Waals surface area contributed by atoms with Gasteiger partial charge in [-0.05, 0) is 18.4 Å². The average molecular weight is 277 g/mol. The minimum Gasteiger partial charge on any atom is -0.324 e. The van der Waals surface area contributed by atoms with Gasteiger partial charge in [0, 0.05) is 11.8 Å². The predicted octanol–water partition coefficient (Wildman–Crippen LogP) is 1.09. The molecule has 0 aliphatic rings.